The molecule has 1 fully saturated rings. The number of benzene rings is 1. The van der Waals surface area contributed by atoms with Crippen molar-refractivity contribution in [2.45, 2.75) is 5.03 Å². The second kappa shape index (κ2) is 9.31. The molecule has 0 atom stereocenters. The molecule has 10 heteroatoms. The molecular weight excluding hydrogens is 445 g/mol. The zero-order chi connectivity index (χ0) is 21.1. The lowest BCUT2D eigenvalue weighted by atomic mass is 10.2. The quantitative estimate of drug-likeness (QED) is 0.679. The summed E-state index contributed by atoms with van der Waals surface area (Å²) in [4.78, 5) is 20.5. The third-order valence-corrected chi connectivity index (χ3v) is 6.36. The fraction of sp³-hybridized carbons (Fsp3) is 0.350. The molecule has 0 radical (unpaired) electrons. The van der Waals surface area contributed by atoms with Crippen molar-refractivity contribution < 1.29 is 9.53 Å². The molecule has 2 aliphatic heterocycles. The number of halogens is 2. The number of hydrogen-bond donors (Lipinski definition) is 1. The Morgan fingerprint density at radius 1 is 1.20 bits per heavy atom. The van der Waals surface area contributed by atoms with E-state index in [0.717, 1.165) is 44.2 Å². The second-order valence-electron chi connectivity index (χ2n) is 6.93. The summed E-state index contributed by atoms with van der Waals surface area (Å²) >= 11 is 13.7. The Bertz CT molecular complexity index is 1010. The van der Waals surface area contributed by atoms with E-state index in [9.17, 15) is 10.1 Å². The summed E-state index contributed by atoms with van der Waals surface area (Å²) < 4.78 is 5.67. The Morgan fingerprint density at radius 2 is 2.00 bits per heavy atom. The SMILES string of the molecule is N#Cc1cc(Cl)cnc1SCCN1CCN(c2cc(Cl)cc3c2OCC(=O)N3)CC1. The van der Waals surface area contributed by atoms with Gasteiger partial charge in [-0.05, 0) is 18.2 Å². The molecule has 2 aliphatic rings. The maximum atomic E-state index is 11.6. The Morgan fingerprint density at radius 3 is 2.77 bits per heavy atom. The van der Waals surface area contributed by atoms with Crippen LogP contribution in [-0.4, -0.2) is 60.9 Å². The van der Waals surface area contributed by atoms with Gasteiger partial charge in [0.05, 0.1) is 22.0 Å². The van der Waals surface area contributed by atoms with Gasteiger partial charge in [0.2, 0.25) is 0 Å². The van der Waals surface area contributed by atoms with Gasteiger partial charge in [0.1, 0.15) is 11.1 Å². The molecule has 0 aliphatic carbocycles. The second-order valence-corrected chi connectivity index (χ2v) is 8.89. The van der Waals surface area contributed by atoms with E-state index in [2.05, 4.69) is 26.2 Å². The molecule has 1 saturated heterocycles. The maximum Gasteiger partial charge on any atom is 0.262 e. The van der Waals surface area contributed by atoms with Crippen molar-refractivity contribution in [3.8, 4) is 11.8 Å². The highest BCUT2D eigenvalue weighted by Gasteiger charge is 2.25. The Balaban J connectivity index is 1.33. The van der Waals surface area contributed by atoms with E-state index in [0.29, 0.717) is 32.1 Å². The summed E-state index contributed by atoms with van der Waals surface area (Å²) in [7, 11) is 0. The summed E-state index contributed by atoms with van der Waals surface area (Å²) in [6, 6.07) is 7.39. The fourth-order valence-electron chi connectivity index (χ4n) is 3.49. The van der Waals surface area contributed by atoms with Crippen LogP contribution >= 0.6 is 35.0 Å². The number of pyridine rings is 1. The molecule has 7 nitrogen and oxygen atoms in total. The zero-order valence-electron chi connectivity index (χ0n) is 16.0. The van der Waals surface area contributed by atoms with Crippen LogP contribution in [0.1, 0.15) is 5.56 Å². The summed E-state index contributed by atoms with van der Waals surface area (Å²) in [5.41, 5.74) is 2.04. The smallest absolute Gasteiger partial charge is 0.262 e. The summed E-state index contributed by atoms with van der Waals surface area (Å²) in [5.74, 6) is 1.35. The van der Waals surface area contributed by atoms with Crippen molar-refractivity contribution in [3.63, 3.8) is 0 Å². The van der Waals surface area contributed by atoms with Gasteiger partial charge in [-0.3, -0.25) is 9.69 Å². The minimum atomic E-state index is -0.173. The molecule has 0 spiro atoms. The minimum Gasteiger partial charge on any atom is -0.479 e. The van der Waals surface area contributed by atoms with Crippen molar-refractivity contribution in [1.29, 1.82) is 5.26 Å². The number of ether oxygens (including phenoxy) is 1. The van der Waals surface area contributed by atoms with Crippen LogP contribution in [0.4, 0.5) is 11.4 Å². The number of rotatable bonds is 5. The van der Waals surface area contributed by atoms with Crippen molar-refractivity contribution in [3.05, 3.63) is 40.0 Å². The lowest BCUT2D eigenvalue weighted by molar-refractivity contribution is -0.118. The van der Waals surface area contributed by atoms with Gasteiger partial charge in [0.25, 0.3) is 5.91 Å². The van der Waals surface area contributed by atoms with E-state index in [1.807, 2.05) is 6.07 Å². The highest BCUT2D eigenvalue weighted by Crippen LogP contribution is 2.41. The Kier molecular flexibility index (Phi) is 6.54. The number of fused-ring (bicyclic) bond motifs is 1. The van der Waals surface area contributed by atoms with Gasteiger partial charge in [0.15, 0.2) is 12.4 Å². The molecule has 0 unspecified atom stereocenters. The first-order valence-electron chi connectivity index (χ1n) is 9.45. The van der Waals surface area contributed by atoms with Crippen molar-refractivity contribution >= 4 is 52.2 Å². The molecule has 0 bridgehead atoms. The summed E-state index contributed by atoms with van der Waals surface area (Å²) in [5, 5.41) is 13.8. The maximum absolute atomic E-state index is 11.6. The lowest BCUT2D eigenvalue weighted by Crippen LogP contribution is -2.47. The zero-order valence-corrected chi connectivity index (χ0v) is 18.4. The topological polar surface area (TPSA) is 81.5 Å². The van der Waals surface area contributed by atoms with Gasteiger partial charge in [-0.15, -0.1) is 11.8 Å². The van der Waals surface area contributed by atoms with Crippen LogP contribution in [0.25, 0.3) is 0 Å². The Hall–Kier alpha value is -2.18. The van der Waals surface area contributed by atoms with Gasteiger partial charge in [0, 0.05) is 49.7 Å². The van der Waals surface area contributed by atoms with E-state index in [1.54, 1.807) is 30.1 Å². The number of carbonyl (C=O) groups excluding carboxylic acids is 1. The fourth-order valence-corrected chi connectivity index (χ4v) is 4.79. The molecule has 0 saturated carbocycles. The number of carbonyl (C=O) groups is 1. The summed E-state index contributed by atoms with van der Waals surface area (Å²) in [6.07, 6.45) is 1.57. The molecule has 156 valence electrons. The average Bonchev–Trinajstić information content (AvgIpc) is 2.74. The van der Waals surface area contributed by atoms with E-state index in [4.69, 9.17) is 27.9 Å². The molecular formula is C20H19Cl2N5O2S. The molecule has 4 rings (SSSR count). The molecule has 1 aromatic heterocycles. The molecule has 3 heterocycles. The number of aromatic nitrogens is 1. The van der Waals surface area contributed by atoms with Gasteiger partial charge in [-0.25, -0.2) is 4.98 Å². The Labute approximate surface area is 188 Å². The number of thioether (sulfide) groups is 1. The average molecular weight is 464 g/mol. The third-order valence-electron chi connectivity index (χ3n) is 4.95. The van der Waals surface area contributed by atoms with Crippen LogP contribution in [0.5, 0.6) is 5.75 Å². The number of nitriles is 1. The van der Waals surface area contributed by atoms with Gasteiger partial charge >= 0.3 is 0 Å². The normalized spacial score (nSPS) is 16.4. The third kappa shape index (κ3) is 4.76. The molecule has 1 aromatic carbocycles. The number of hydrogen-bond acceptors (Lipinski definition) is 7. The van der Waals surface area contributed by atoms with E-state index in [-0.39, 0.29) is 12.5 Å². The van der Waals surface area contributed by atoms with Crippen LogP contribution in [0.3, 0.4) is 0 Å². The van der Waals surface area contributed by atoms with Crippen LogP contribution in [0, 0.1) is 11.3 Å². The van der Waals surface area contributed by atoms with Crippen LogP contribution in [0.15, 0.2) is 29.4 Å². The lowest BCUT2D eigenvalue weighted by Gasteiger charge is -2.37. The molecule has 1 N–H and O–H groups in total. The van der Waals surface area contributed by atoms with Crippen molar-refractivity contribution in [2.75, 3.05) is 55.3 Å². The van der Waals surface area contributed by atoms with E-state index >= 15 is 0 Å². The monoisotopic (exact) mass is 463 g/mol. The standard InChI is InChI=1S/C20H19Cl2N5O2S/c21-14-8-16-19(29-12-18(28)25-16)17(9-14)27-3-1-26(2-4-27)5-6-30-20-13(10-23)7-15(22)11-24-20/h7-9,11H,1-6,12H2,(H,25,28). The minimum absolute atomic E-state index is 0.0161. The van der Waals surface area contributed by atoms with E-state index < -0.39 is 0 Å². The van der Waals surface area contributed by atoms with E-state index in [1.165, 1.54) is 0 Å². The highest BCUT2D eigenvalue weighted by molar-refractivity contribution is 7.99. The number of amides is 1. The van der Waals surface area contributed by atoms with Crippen molar-refractivity contribution in [2.24, 2.45) is 0 Å². The number of nitrogens with zero attached hydrogens (tertiary/aromatic N) is 4. The highest BCUT2D eigenvalue weighted by atomic mass is 35.5. The first-order chi connectivity index (χ1) is 14.5. The van der Waals surface area contributed by atoms with Crippen molar-refractivity contribution in [1.82, 2.24) is 9.88 Å². The predicted molar refractivity (Wildman–Crippen MR) is 119 cm³/mol. The largest absolute Gasteiger partial charge is 0.479 e. The van der Waals surface area contributed by atoms with Gasteiger partial charge in [-0.2, -0.15) is 5.26 Å². The predicted octanol–water partition coefficient (Wildman–Crippen LogP) is 3.51. The number of piperazine rings is 1. The first-order valence-corrected chi connectivity index (χ1v) is 11.2. The summed E-state index contributed by atoms with van der Waals surface area (Å²) in [6.45, 7) is 4.37. The number of anilines is 2. The van der Waals surface area contributed by atoms with Crippen LogP contribution in [-0.2, 0) is 4.79 Å². The van der Waals surface area contributed by atoms with Gasteiger partial charge in [-0.1, -0.05) is 23.2 Å². The molecule has 1 amide bonds. The number of nitrogens with one attached hydrogen (secondary N) is 1. The molecule has 30 heavy (non-hydrogen) atoms. The van der Waals surface area contributed by atoms with Gasteiger partial charge < -0.3 is 15.0 Å². The first kappa shape index (κ1) is 21.1. The molecule has 2 aromatic rings. The van der Waals surface area contributed by atoms with Crippen LogP contribution in [0.2, 0.25) is 10.0 Å². The van der Waals surface area contributed by atoms with Crippen LogP contribution < -0.4 is 15.0 Å².